The summed E-state index contributed by atoms with van der Waals surface area (Å²) >= 11 is 0. The Kier molecular flexibility index (Phi) is 5.21. The number of nitriles is 1. The lowest BCUT2D eigenvalue weighted by molar-refractivity contribution is 0.383. The van der Waals surface area contributed by atoms with Gasteiger partial charge in [-0.05, 0) is 18.6 Å². The second kappa shape index (κ2) is 7.38. The van der Waals surface area contributed by atoms with Crippen LogP contribution in [0.15, 0.2) is 30.3 Å². The van der Waals surface area contributed by atoms with Crippen molar-refractivity contribution < 1.29 is 8.42 Å². The van der Waals surface area contributed by atoms with E-state index in [-0.39, 0.29) is 5.75 Å². The Balaban J connectivity index is 1.79. The zero-order chi connectivity index (χ0) is 17.9. The van der Waals surface area contributed by atoms with Crippen LogP contribution in [0.2, 0.25) is 0 Å². The van der Waals surface area contributed by atoms with Gasteiger partial charge in [-0.15, -0.1) is 0 Å². The monoisotopic (exact) mass is 358 g/mol. The number of sulfonamides is 1. The van der Waals surface area contributed by atoms with Gasteiger partial charge in [0.2, 0.25) is 10.0 Å². The summed E-state index contributed by atoms with van der Waals surface area (Å²) in [4.78, 5) is 6.65. The van der Waals surface area contributed by atoms with Gasteiger partial charge in [0.15, 0.2) is 0 Å². The molecule has 7 heteroatoms. The summed E-state index contributed by atoms with van der Waals surface area (Å²) in [5, 5.41) is 10.4. The molecule has 0 amide bonds. The SMILES string of the molecule is CCCCS(=O)(=O)N1CCN(c2nc3ccccc3cc2C#N)CC1. The number of para-hydroxylation sites is 1. The molecule has 6 nitrogen and oxygen atoms in total. The minimum atomic E-state index is -3.18. The van der Waals surface area contributed by atoms with Crippen LogP contribution in [-0.2, 0) is 10.0 Å². The van der Waals surface area contributed by atoms with E-state index in [1.54, 1.807) is 4.31 Å². The van der Waals surface area contributed by atoms with Crippen LogP contribution in [0.5, 0.6) is 0 Å². The van der Waals surface area contributed by atoms with Gasteiger partial charge in [0.25, 0.3) is 0 Å². The zero-order valence-electron chi connectivity index (χ0n) is 14.4. The van der Waals surface area contributed by atoms with Crippen LogP contribution in [0.1, 0.15) is 25.3 Å². The van der Waals surface area contributed by atoms with Gasteiger partial charge in [-0.3, -0.25) is 0 Å². The molecule has 0 N–H and O–H groups in total. The molecule has 0 atom stereocenters. The molecule has 1 aliphatic heterocycles. The summed E-state index contributed by atoms with van der Waals surface area (Å²) in [6.45, 7) is 3.95. The maximum atomic E-state index is 12.3. The molecule has 1 aliphatic rings. The molecule has 0 radical (unpaired) electrons. The predicted molar refractivity (Wildman–Crippen MR) is 98.9 cm³/mol. The molecule has 2 heterocycles. The molecular weight excluding hydrogens is 336 g/mol. The van der Waals surface area contributed by atoms with E-state index in [1.165, 1.54) is 0 Å². The average molecular weight is 358 g/mol. The highest BCUT2D eigenvalue weighted by Gasteiger charge is 2.28. The van der Waals surface area contributed by atoms with Gasteiger partial charge in [-0.25, -0.2) is 13.4 Å². The maximum Gasteiger partial charge on any atom is 0.214 e. The molecule has 1 fully saturated rings. The summed E-state index contributed by atoms with van der Waals surface area (Å²) in [5.41, 5.74) is 1.37. The highest BCUT2D eigenvalue weighted by Crippen LogP contribution is 2.24. The molecule has 0 saturated carbocycles. The summed E-state index contributed by atoms with van der Waals surface area (Å²) in [5.74, 6) is 0.855. The second-order valence-electron chi connectivity index (χ2n) is 6.22. The lowest BCUT2D eigenvalue weighted by atomic mass is 10.1. The van der Waals surface area contributed by atoms with Crippen LogP contribution in [0, 0.1) is 11.3 Å². The van der Waals surface area contributed by atoms with Crippen molar-refractivity contribution >= 4 is 26.7 Å². The lowest BCUT2D eigenvalue weighted by Gasteiger charge is -2.35. The van der Waals surface area contributed by atoms with Crippen LogP contribution in [-0.4, -0.2) is 49.6 Å². The van der Waals surface area contributed by atoms with E-state index >= 15 is 0 Å². The molecule has 0 unspecified atom stereocenters. The third-order valence-corrected chi connectivity index (χ3v) is 6.47. The molecule has 1 saturated heterocycles. The Labute approximate surface area is 148 Å². The molecule has 0 aliphatic carbocycles. The van der Waals surface area contributed by atoms with Crippen LogP contribution < -0.4 is 4.90 Å². The van der Waals surface area contributed by atoms with Crippen molar-refractivity contribution in [3.63, 3.8) is 0 Å². The Hall–Kier alpha value is -2.17. The molecule has 1 aromatic carbocycles. The Morgan fingerprint density at radius 2 is 1.92 bits per heavy atom. The van der Waals surface area contributed by atoms with Crippen molar-refractivity contribution in [2.75, 3.05) is 36.8 Å². The smallest absolute Gasteiger partial charge is 0.214 e. The predicted octanol–water partition coefficient (Wildman–Crippen LogP) is 2.36. The molecule has 25 heavy (non-hydrogen) atoms. The molecule has 2 aromatic rings. The molecule has 0 bridgehead atoms. The fraction of sp³-hybridized carbons (Fsp3) is 0.444. The van der Waals surface area contributed by atoms with Gasteiger partial charge in [0, 0.05) is 31.6 Å². The van der Waals surface area contributed by atoms with Crippen molar-refractivity contribution in [3.8, 4) is 6.07 Å². The summed E-state index contributed by atoms with van der Waals surface area (Å²) in [7, 11) is -3.18. The van der Waals surface area contributed by atoms with E-state index in [0.717, 1.165) is 17.3 Å². The van der Waals surface area contributed by atoms with E-state index in [2.05, 4.69) is 11.1 Å². The number of hydrogen-bond donors (Lipinski definition) is 0. The normalized spacial score (nSPS) is 16.1. The standard InChI is InChI=1S/C18H22N4O2S/c1-2-3-12-25(23,24)22-10-8-21(9-11-22)18-16(14-19)13-15-6-4-5-7-17(15)20-18/h4-7,13H,2-3,8-12H2,1H3. The average Bonchev–Trinajstić information content (AvgIpc) is 2.65. The van der Waals surface area contributed by atoms with E-state index in [1.807, 2.05) is 42.2 Å². The van der Waals surface area contributed by atoms with Gasteiger partial charge in [0.1, 0.15) is 11.9 Å². The van der Waals surface area contributed by atoms with Crippen molar-refractivity contribution in [1.29, 1.82) is 5.26 Å². The molecule has 3 rings (SSSR count). The second-order valence-corrected chi connectivity index (χ2v) is 8.31. The van der Waals surface area contributed by atoms with Crippen LogP contribution in [0.4, 0.5) is 5.82 Å². The first kappa shape index (κ1) is 17.6. The fourth-order valence-electron chi connectivity index (χ4n) is 3.06. The Morgan fingerprint density at radius 3 is 2.60 bits per heavy atom. The fourth-order valence-corrected chi connectivity index (χ4v) is 4.69. The third-order valence-electron chi connectivity index (χ3n) is 4.51. The topological polar surface area (TPSA) is 77.3 Å². The molecule has 0 spiro atoms. The number of piperazine rings is 1. The van der Waals surface area contributed by atoms with Crippen molar-refractivity contribution in [2.45, 2.75) is 19.8 Å². The first-order valence-electron chi connectivity index (χ1n) is 8.58. The first-order valence-corrected chi connectivity index (χ1v) is 10.2. The van der Waals surface area contributed by atoms with Crippen molar-refractivity contribution in [2.24, 2.45) is 0 Å². The number of anilines is 1. The number of unbranched alkanes of at least 4 members (excludes halogenated alkanes) is 1. The van der Waals surface area contributed by atoms with Gasteiger partial charge in [0.05, 0.1) is 16.8 Å². The molecule has 132 valence electrons. The Morgan fingerprint density at radius 1 is 1.20 bits per heavy atom. The summed E-state index contributed by atoms with van der Waals surface area (Å²) < 4.78 is 26.2. The van der Waals surface area contributed by atoms with E-state index in [4.69, 9.17) is 0 Å². The van der Waals surface area contributed by atoms with Crippen LogP contribution >= 0.6 is 0 Å². The van der Waals surface area contributed by atoms with Crippen LogP contribution in [0.25, 0.3) is 10.9 Å². The van der Waals surface area contributed by atoms with Gasteiger partial charge < -0.3 is 4.90 Å². The minimum Gasteiger partial charge on any atom is -0.353 e. The minimum absolute atomic E-state index is 0.209. The number of pyridine rings is 1. The number of benzene rings is 1. The summed E-state index contributed by atoms with van der Waals surface area (Å²) in [6, 6.07) is 11.8. The van der Waals surface area contributed by atoms with Crippen molar-refractivity contribution in [3.05, 3.63) is 35.9 Å². The number of hydrogen-bond acceptors (Lipinski definition) is 5. The number of fused-ring (bicyclic) bond motifs is 1. The number of rotatable bonds is 5. The Bertz CT molecular complexity index is 897. The highest BCUT2D eigenvalue weighted by atomic mass is 32.2. The van der Waals surface area contributed by atoms with Gasteiger partial charge in [-0.2, -0.15) is 9.57 Å². The third kappa shape index (κ3) is 3.75. The molecular formula is C18H22N4O2S. The largest absolute Gasteiger partial charge is 0.353 e. The van der Waals surface area contributed by atoms with E-state index < -0.39 is 10.0 Å². The molecule has 1 aromatic heterocycles. The number of aromatic nitrogens is 1. The van der Waals surface area contributed by atoms with Crippen LogP contribution in [0.3, 0.4) is 0 Å². The summed E-state index contributed by atoms with van der Waals surface area (Å²) in [6.07, 6.45) is 1.55. The van der Waals surface area contributed by atoms with Gasteiger partial charge >= 0.3 is 0 Å². The van der Waals surface area contributed by atoms with Crippen molar-refractivity contribution in [1.82, 2.24) is 9.29 Å². The zero-order valence-corrected chi connectivity index (χ0v) is 15.2. The first-order chi connectivity index (χ1) is 12.0. The number of nitrogens with zero attached hydrogens (tertiary/aromatic N) is 4. The maximum absolute atomic E-state index is 12.3. The van der Waals surface area contributed by atoms with Gasteiger partial charge in [-0.1, -0.05) is 31.5 Å². The van der Waals surface area contributed by atoms with E-state index in [9.17, 15) is 13.7 Å². The lowest BCUT2D eigenvalue weighted by Crippen LogP contribution is -2.49. The highest BCUT2D eigenvalue weighted by molar-refractivity contribution is 7.89. The van der Waals surface area contributed by atoms with E-state index in [0.29, 0.717) is 44.0 Å². The quantitative estimate of drug-likeness (QED) is 0.820.